The number of nitrogens with zero attached hydrogens (tertiary/aromatic N) is 1. The van der Waals surface area contributed by atoms with Crippen LogP contribution in [0.4, 0.5) is 5.69 Å². The number of ether oxygens (including phenoxy) is 1. The molecule has 0 spiro atoms. The Hall–Kier alpha value is -2.04. The van der Waals surface area contributed by atoms with Gasteiger partial charge in [0.05, 0.1) is 11.6 Å². The van der Waals surface area contributed by atoms with E-state index in [1.54, 1.807) is 12.1 Å². The van der Waals surface area contributed by atoms with Gasteiger partial charge in [0.1, 0.15) is 5.75 Å². The van der Waals surface area contributed by atoms with E-state index in [9.17, 15) is 4.79 Å². The Morgan fingerprint density at radius 1 is 1.19 bits per heavy atom. The second-order valence-electron chi connectivity index (χ2n) is 5.24. The first-order valence-corrected chi connectivity index (χ1v) is 7.20. The molecule has 2 aliphatic heterocycles. The number of fused-ring (bicyclic) bond motifs is 2. The minimum atomic E-state index is -0.327. The van der Waals surface area contributed by atoms with E-state index in [1.165, 1.54) is 5.01 Å². The summed E-state index contributed by atoms with van der Waals surface area (Å²) in [6.45, 7) is 0. The molecule has 5 heteroatoms. The van der Waals surface area contributed by atoms with Gasteiger partial charge in [-0.2, -0.15) is 5.43 Å². The lowest BCUT2D eigenvalue weighted by Gasteiger charge is -2.26. The van der Waals surface area contributed by atoms with Crippen LogP contribution in [0.3, 0.4) is 0 Å². The van der Waals surface area contributed by atoms with E-state index in [4.69, 9.17) is 16.3 Å². The van der Waals surface area contributed by atoms with Crippen LogP contribution < -0.4 is 15.2 Å². The number of hydrogen-bond donors (Lipinski definition) is 1. The minimum absolute atomic E-state index is 0.0109. The summed E-state index contributed by atoms with van der Waals surface area (Å²) in [5.41, 5.74) is 4.93. The Labute approximate surface area is 127 Å². The van der Waals surface area contributed by atoms with E-state index in [-0.39, 0.29) is 18.1 Å². The first-order valence-electron chi connectivity index (χ1n) is 6.82. The van der Waals surface area contributed by atoms with Crippen molar-refractivity contribution in [1.29, 1.82) is 0 Å². The van der Waals surface area contributed by atoms with Crippen LogP contribution in [0.2, 0.25) is 5.02 Å². The third-order valence-corrected chi connectivity index (χ3v) is 4.13. The highest BCUT2D eigenvalue weighted by molar-refractivity contribution is 6.30. The molecule has 1 saturated heterocycles. The highest BCUT2D eigenvalue weighted by atomic mass is 35.5. The number of rotatable bonds is 1. The number of anilines is 1. The van der Waals surface area contributed by atoms with Gasteiger partial charge in [-0.1, -0.05) is 35.9 Å². The summed E-state index contributed by atoms with van der Waals surface area (Å²) in [5, 5.41) is 2.13. The molecule has 1 N–H and O–H groups in total. The van der Waals surface area contributed by atoms with Crippen LogP contribution in [0.5, 0.6) is 5.75 Å². The number of hydrogen-bond acceptors (Lipinski definition) is 3. The predicted octanol–water partition coefficient (Wildman–Crippen LogP) is 2.77. The molecule has 0 bridgehead atoms. The van der Waals surface area contributed by atoms with Crippen molar-refractivity contribution in [2.75, 3.05) is 5.01 Å². The molecule has 2 aromatic carbocycles. The van der Waals surface area contributed by atoms with Gasteiger partial charge < -0.3 is 4.74 Å². The SMILES string of the molecule is O=C1C2Cc3ccccc3OC2NN1c1cccc(Cl)c1. The van der Waals surface area contributed by atoms with Crippen LogP contribution in [0.25, 0.3) is 0 Å². The van der Waals surface area contributed by atoms with Crippen molar-refractivity contribution in [2.24, 2.45) is 5.92 Å². The maximum atomic E-state index is 12.6. The molecule has 2 unspecified atom stereocenters. The van der Waals surface area contributed by atoms with Crippen LogP contribution >= 0.6 is 11.6 Å². The molecule has 2 aromatic rings. The number of hydrazine groups is 1. The largest absolute Gasteiger partial charge is 0.473 e. The zero-order valence-electron chi connectivity index (χ0n) is 11.1. The fourth-order valence-electron chi connectivity index (χ4n) is 2.86. The van der Waals surface area contributed by atoms with Gasteiger partial charge in [-0.15, -0.1) is 0 Å². The number of halogens is 1. The van der Waals surface area contributed by atoms with Gasteiger partial charge in [-0.25, -0.2) is 5.01 Å². The van der Waals surface area contributed by atoms with Crippen LogP contribution in [-0.4, -0.2) is 12.1 Å². The Kier molecular flexibility index (Phi) is 2.87. The van der Waals surface area contributed by atoms with Crippen molar-refractivity contribution in [1.82, 2.24) is 5.43 Å². The van der Waals surface area contributed by atoms with Gasteiger partial charge in [0.2, 0.25) is 5.91 Å². The van der Waals surface area contributed by atoms with Gasteiger partial charge in [-0.3, -0.25) is 4.79 Å². The quantitative estimate of drug-likeness (QED) is 0.880. The number of amides is 1. The van der Waals surface area contributed by atoms with E-state index in [1.807, 2.05) is 36.4 Å². The molecule has 1 fully saturated rings. The molecule has 1 amide bonds. The lowest BCUT2D eigenvalue weighted by molar-refractivity contribution is -0.121. The highest BCUT2D eigenvalue weighted by Crippen LogP contribution is 2.35. The molecular formula is C16H13ClN2O2. The average molecular weight is 301 g/mol. The van der Waals surface area contributed by atoms with Crippen molar-refractivity contribution in [3.63, 3.8) is 0 Å². The fraction of sp³-hybridized carbons (Fsp3) is 0.188. The first kappa shape index (κ1) is 12.7. The van der Waals surface area contributed by atoms with Gasteiger partial charge in [0, 0.05) is 5.02 Å². The zero-order valence-corrected chi connectivity index (χ0v) is 11.9. The fourth-order valence-corrected chi connectivity index (χ4v) is 3.04. The smallest absolute Gasteiger partial charge is 0.250 e. The van der Waals surface area contributed by atoms with Crippen LogP contribution in [0.15, 0.2) is 48.5 Å². The molecule has 106 valence electrons. The summed E-state index contributed by atoms with van der Waals surface area (Å²) in [6, 6.07) is 15.0. The topological polar surface area (TPSA) is 41.6 Å². The number of carbonyl (C=O) groups is 1. The second-order valence-corrected chi connectivity index (χ2v) is 5.68. The summed E-state index contributed by atoms with van der Waals surface area (Å²) in [4.78, 5) is 12.6. The third-order valence-electron chi connectivity index (χ3n) is 3.89. The van der Waals surface area contributed by atoms with Gasteiger partial charge in [0.15, 0.2) is 6.23 Å². The second kappa shape index (κ2) is 4.76. The van der Waals surface area contributed by atoms with Gasteiger partial charge >= 0.3 is 0 Å². The van der Waals surface area contributed by atoms with Gasteiger partial charge in [-0.05, 0) is 36.2 Å². The molecule has 2 atom stereocenters. The van der Waals surface area contributed by atoms with E-state index >= 15 is 0 Å². The Morgan fingerprint density at radius 2 is 2.05 bits per heavy atom. The maximum Gasteiger partial charge on any atom is 0.250 e. The number of nitrogens with one attached hydrogen (secondary N) is 1. The lowest BCUT2D eigenvalue weighted by atomic mass is 9.95. The number of benzene rings is 2. The van der Waals surface area contributed by atoms with Crippen LogP contribution in [-0.2, 0) is 11.2 Å². The predicted molar refractivity (Wildman–Crippen MR) is 80.1 cm³/mol. The molecule has 0 aromatic heterocycles. The lowest BCUT2D eigenvalue weighted by Crippen LogP contribution is -2.41. The van der Waals surface area contributed by atoms with E-state index in [2.05, 4.69) is 5.43 Å². The monoisotopic (exact) mass is 300 g/mol. The Balaban J connectivity index is 1.65. The standard InChI is InChI=1S/C16H13ClN2O2/c17-11-5-3-6-12(9-11)19-16(20)13-8-10-4-1-2-7-14(10)21-15(13)18-19/h1-7,9,13,15,18H,8H2. The van der Waals surface area contributed by atoms with Gasteiger partial charge in [0.25, 0.3) is 0 Å². The average Bonchev–Trinajstić information content (AvgIpc) is 2.82. The molecular weight excluding hydrogens is 288 g/mol. The molecule has 4 nitrogen and oxygen atoms in total. The molecule has 2 aliphatic rings. The summed E-state index contributed by atoms with van der Waals surface area (Å²) >= 11 is 6.00. The normalized spacial score (nSPS) is 23.5. The van der Waals surface area contributed by atoms with E-state index in [0.29, 0.717) is 11.4 Å². The highest BCUT2D eigenvalue weighted by Gasteiger charge is 2.45. The van der Waals surface area contributed by atoms with Crippen molar-refractivity contribution in [3.8, 4) is 5.75 Å². The molecule has 2 heterocycles. The summed E-state index contributed by atoms with van der Waals surface area (Å²) < 4.78 is 5.90. The van der Waals surface area contributed by atoms with Crippen molar-refractivity contribution in [3.05, 3.63) is 59.1 Å². The molecule has 0 saturated carbocycles. The summed E-state index contributed by atoms with van der Waals surface area (Å²) in [6.07, 6.45) is 0.357. The van der Waals surface area contributed by atoms with Crippen molar-refractivity contribution < 1.29 is 9.53 Å². The van der Waals surface area contributed by atoms with Crippen LogP contribution in [0.1, 0.15) is 5.56 Å². The maximum absolute atomic E-state index is 12.6. The van der Waals surface area contributed by atoms with Crippen molar-refractivity contribution in [2.45, 2.75) is 12.6 Å². The Morgan fingerprint density at radius 3 is 2.90 bits per heavy atom. The molecule has 4 rings (SSSR count). The zero-order chi connectivity index (χ0) is 14.4. The summed E-state index contributed by atoms with van der Waals surface area (Å²) in [7, 11) is 0. The van der Waals surface area contributed by atoms with E-state index in [0.717, 1.165) is 17.0 Å². The Bertz CT molecular complexity index is 719. The number of carbonyl (C=O) groups excluding carboxylic acids is 1. The van der Waals surface area contributed by atoms with Crippen molar-refractivity contribution >= 4 is 23.2 Å². The molecule has 0 aliphatic carbocycles. The molecule has 21 heavy (non-hydrogen) atoms. The summed E-state index contributed by atoms with van der Waals surface area (Å²) in [5.74, 6) is 0.641. The molecule has 0 radical (unpaired) electrons. The first-order chi connectivity index (χ1) is 10.2. The van der Waals surface area contributed by atoms with E-state index < -0.39 is 0 Å². The third kappa shape index (κ3) is 2.07. The number of para-hydroxylation sites is 1. The minimum Gasteiger partial charge on any atom is -0.473 e. The van der Waals surface area contributed by atoms with Crippen LogP contribution in [0, 0.1) is 5.92 Å².